The van der Waals surface area contributed by atoms with Crippen molar-refractivity contribution in [3.8, 4) is 0 Å². The number of aliphatic hydroxyl groups excluding tert-OH is 1. The molecule has 1 aromatic carbocycles. The highest BCUT2D eigenvalue weighted by Gasteiger charge is 2.15. The van der Waals surface area contributed by atoms with E-state index in [0.29, 0.717) is 5.75 Å². The van der Waals surface area contributed by atoms with Crippen LogP contribution < -0.4 is 0 Å². The summed E-state index contributed by atoms with van der Waals surface area (Å²) in [5.74, 6) is 0.706. The Bertz CT molecular complexity index is 312. The van der Waals surface area contributed by atoms with Gasteiger partial charge < -0.3 is 5.11 Å². The number of hydrogen-bond donors (Lipinski definition) is 1. The van der Waals surface area contributed by atoms with Crippen LogP contribution in [-0.4, -0.2) is 28.6 Å². The molecule has 0 fully saturated rings. The summed E-state index contributed by atoms with van der Waals surface area (Å²) in [5.41, 5.74) is 0.106. The zero-order valence-electron chi connectivity index (χ0n) is 7.84. The predicted molar refractivity (Wildman–Crippen MR) is 56.6 cm³/mol. The third-order valence-electron chi connectivity index (χ3n) is 1.85. The quantitative estimate of drug-likeness (QED) is 0.465. The van der Waals surface area contributed by atoms with Gasteiger partial charge in [0.1, 0.15) is 12.0 Å². The molecule has 4 nitrogen and oxygen atoms in total. The number of nitrogens with zero attached hydrogens (tertiary/aromatic N) is 1. The van der Waals surface area contributed by atoms with E-state index < -0.39 is 4.92 Å². The molecule has 14 heavy (non-hydrogen) atoms. The predicted octanol–water partition coefficient (Wildman–Crippen LogP) is 1.19. The van der Waals surface area contributed by atoms with Crippen molar-refractivity contribution in [3.05, 3.63) is 34.4 Å². The molecule has 1 atom stereocenters. The summed E-state index contributed by atoms with van der Waals surface area (Å²) in [5, 5.41) is 19.1. The van der Waals surface area contributed by atoms with Crippen LogP contribution in [0.1, 0.15) is 0 Å². The molecule has 0 aliphatic heterocycles. The van der Waals surface area contributed by atoms with E-state index in [1.807, 2.05) is 6.26 Å². The Kier molecular flexibility index (Phi) is 3.91. The molecule has 0 radical (unpaired) electrons. The van der Waals surface area contributed by atoms with Gasteiger partial charge in [0.15, 0.2) is 4.90 Å². The fourth-order valence-corrected chi connectivity index (χ4v) is 2.17. The normalized spacial score (nSPS) is 12.4. The van der Waals surface area contributed by atoms with Crippen molar-refractivity contribution < 1.29 is 10.0 Å². The zero-order chi connectivity index (χ0) is 10.6. The standard InChI is InChI=1S/C9H12NO3S/c1-14(7-6-11)9-4-2-8(3-5-9)10(12)13/h2-5,11H,6-7H2,1H3/q+1. The topological polar surface area (TPSA) is 63.4 Å². The number of nitro benzene ring substituents is 1. The lowest BCUT2D eigenvalue weighted by Gasteiger charge is -1.99. The van der Waals surface area contributed by atoms with Gasteiger partial charge in [-0.25, -0.2) is 0 Å². The van der Waals surface area contributed by atoms with E-state index in [-0.39, 0.29) is 23.2 Å². The van der Waals surface area contributed by atoms with Crippen molar-refractivity contribution in [1.82, 2.24) is 0 Å². The van der Waals surface area contributed by atoms with Crippen LogP contribution in [0.15, 0.2) is 29.2 Å². The average molecular weight is 214 g/mol. The number of aliphatic hydroxyl groups is 1. The first-order chi connectivity index (χ1) is 6.65. The largest absolute Gasteiger partial charge is 0.391 e. The van der Waals surface area contributed by atoms with Crippen LogP contribution in [0.5, 0.6) is 0 Å². The maximum atomic E-state index is 10.4. The molecule has 0 spiro atoms. The minimum Gasteiger partial charge on any atom is -0.391 e. The van der Waals surface area contributed by atoms with Crippen molar-refractivity contribution in [1.29, 1.82) is 0 Å². The van der Waals surface area contributed by atoms with Crippen LogP contribution in [0.3, 0.4) is 0 Å². The van der Waals surface area contributed by atoms with Gasteiger partial charge >= 0.3 is 0 Å². The lowest BCUT2D eigenvalue weighted by Crippen LogP contribution is -2.08. The van der Waals surface area contributed by atoms with Gasteiger partial charge in [-0.3, -0.25) is 10.1 Å². The van der Waals surface area contributed by atoms with E-state index in [1.165, 1.54) is 12.1 Å². The van der Waals surface area contributed by atoms with E-state index in [1.54, 1.807) is 12.1 Å². The molecule has 0 amide bonds. The Morgan fingerprint density at radius 1 is 1.43 bits per heavy atom. The van der Waals surface area contributed by atoms with E-state index in [0.717, 1.165) is 4.90 Å². The van der Waals surface area contributed by atoms with Crippen LogP contribution in [0, 0.1) is 10.1 Å². The van der Waals surface area contributed by atoms with Gasteiger partial charge in [0.2, 0.25) is 0 Å². The van der Waals surface area contributed by atoms with Crippen LogP contribution in [0.25, 0.3) is 0 Å². The zero-order valence-corrected chi connectivity index (χ0v) is 8.66. The minimum atomic E-state index is -0.413. The molecule has 0 heterocycles. The Hall–Kier alpha value is -1.07. The highest BCUT2D eigenvalue weighted by molar-refractivity contribution is 7.96. The summed E-state index contributed by atoms with van der Waals surface area (Å²) >= 11 is 0. The number of nitro groups is 1. The molecule has 1 N–H and O–H groups in total. The fraction of sp³-hybridized carbons (Fsp3) is 0.333. The lowest BCUT2D eigenvalue weighted by atomic mass is 10.3. The first kappa shape index (κ1) is 11.0. The van der Waals surface area contributed by atoms with Gasteiger partial charge in [-0.05, 0) is 12.1 Å². The molecule has 1 rings (SSSR count). The second-order valence-corrected chi connectivity index (χ2v) is 4.97. The molecule has 0 bridgehead atoms. The minimum absolute atomic E-state index is 0.0275. The van der Waals surface area contributed by atoms with Gasteiger partial charge in [0.25, 0.3) is 5.69 Å². The van der Waals surface area contributed by atoms with Gasteiger partial charge in [0.05, 0.1) is 11.5 Å². The molecule has 1 aromatic rings. The van der Waals surface area contributed by atoms with Crippen molar-refractivity contribution in [2.75, 3.05) is 18.6 Å². The third kappa shape index (κ3) is 2.71. The van der Waals surface area contributed by atoms with E-state index >= 15 is 0 Å². The number of rotatable bonds is 4. The Balaban J connectivity index is 2.77. The average Bonchev–Trinajstić information content (AvgIpc) is 2.18. The highest BCUT2D eigenvalue weighted by Crippen LogP contribution is 2.16. The third-order valence-corrected chi connectivity index (χ3v) is 3.72. The molecule has 0 saturated heterocycles. The molecule has 0 aliphatic carbocycles. The fourth-order valence-electron chi connectivity index (χ4n) is 1.05. The second-order valence-electron chi connectivity index (χ2n) is 2.82. The van der Waals surface area contributed by atoms with Crippen molar-refractivity contribution in [2.24, 2.45) is 0 Å². The highest BCUT2D eigenvalue weighted by atomic mass is 32.2. The molecular formula is C9H12NO3S+. The van der Waals surface area contributed by atoms with Crippen LogP contribution in [-0.2, 0) is 10.9 Å². The van der Waals surface area contributed by atoms with Crippen molar-refractivity contribution in [2.45, 2.75) is 4.90 Å². The van der Waals surface area contributed by atoms with E-state index in [2.05, 4.69) is 0 Å². The molecular weight excluding hydrogens is 202 g/mol. The number of benzene rings is 1. The summed E-state index contributed by atoms with van der Waals surface area (Å²) in [6.07, 6.45) is 2.01. The van der Waals surface area contributed by atoms with E-state index in [4.69, 9.17) is 5.11 Å². The molecule has 76 valence electrons. The second kappa shape index (κ2) is 4.97. The van der Waals surface area contributed by atoms with Crippen LogP contribution in [0.4, 0.5) is 5.69 Å². The lowest BCUT2D eigenvalue weighted by molar-refractivity contribution is -0.384. The molecule has 0 aromatic heterocycles. The molecule has 0 saturated carbocycles. The Morgan fingerprint density at radius 2 is 2.00 bits per heavy atom. The number of non-ortho nitro benzene ring substituents is 1. The summed E-state index contributed by atoms with van der Waals surface area (Å²) in [7, 11) is -0.0275. The first-order valence-corrected chi connectivity index (χ1v) is 5.93. The van der Waals surface area contributed by atoms with Crippen molar-refractivity contribution in [3.63, 3.8) is 0 Å². The van der Waals surface area contributed by atoms with E-state index in [9.17, 15) is 10.1 Å². The van der Waals surface area contributed by atoms with Gasteiger partial charge in [-0.2, -0.15) is 0 Å². The van der Waals surface area contributed by atoms with Gasteiger partial charge in [-0.1, -0.05) is 0 Å². The Labute approximate surface area is 85.1 Å². The maximum Gasteiger partial charge on any atom is 0.269 e. The van der Waals surface area contributed by atoms with Crippen LogP contribution >= 0.6 is 0 Å². The summed E-state index contributed by atoms with van der Waals surface area (Å²) in [4.78, 5) is 11.0. The summed E-state index contributed by atoms with van der Waals surface area (Å²) in [6, 6.07) is 6.49. The summed E-state index contributed by atoms with van der Waals surface area (Å²) in [6.45, 7) is 0.149. The smallest absolute Gasteiger partial charge is 0.269 e. The molecule has 1 unspecified atom stereocenters. The van der Waals surface area contributed by atoms with Gasteiger partial charge in [0, 0.05) is 23.0 Å². The first-order valence-electron chi connectivity index (χ1n) is 4.13. The van der Waals surface area contributed by atoms with Crippen LogP contribution in [0.2, 0.25) is 0 Å². The van der Waals surface area contributed by atoms with Gasteiger partial charge in [-0.15, -0.1) is 0 Å². The number of hydrogen-bond acceptors (Lipinski definition) is 3. The Morgan fingerprint density at radius 3 is 2.43 bits per heavy atom. The monoisotopic (exact) mass is 214 g/mol. The molecule has 5 heteroatoms. The molecule has 0 aliphatic rings. The summed E-state index contributed by atoms with van der Waals surface area (Å²) < 4.78 is 0. The SMILES string of the molecule is C[S+](CCO)c1ccc([N+](=O)[O-])cc1. The van der Waals surface area contributed by atoms with Crippen molar-refractivity contribution >= 4 is 16.6 Å². The maximum absolute atomic E-state index is 10.4.